The number of carbonyl (C=O) groups excluding carboxylic acids is 3. The maximum atomic E-state index is 13.5. The van der Waals surface area contributed by atoms with Crippen molar-refractivity contribution in [2.45, 2.75) is 77.8 Å². The molecule has 2 saturated heterocycles. The largest absolute Gasteiger partial charge is 0.370 e. The predicted molar refractivity (Wildman–Crippen MR) is 112 cm³/mol. The number of hydrogen-bond donors (Lipinski definition) is 2. The third kappa shape index (κ3) is 6.17. The van der Waals surface area contributed by atoms with Gasteiger partial charge < -0.3 is 20.9 Å². The van der Waals surface area contributed by atoms with Crippen molar-refractivity contribution < 1.29 is 14.4 Å². The number of nitrogens with zero attached hydrogens (tertiary/aromatic N) is 2. The number of likely N-dealkylation sites (tertiary alicyclic amines) is 1. The van der Waals surface area contributed by atoms with Gasteiger partial charge in [-0.3, -0.25) is 14.4 Å². The Morgan fingerprint density at radius 2 is 1.76 bits per heavy atom. The Balaban J connectivity index is 1.68. The van der Waals surface area contributed by atoms with Crippen LogP contribution in [-0.4, -0.2) is 65.8 Å². The van der Waals surface area contributed by atoms with Crippen LogP contribution in [0.2, 0.25) is 0 Å². The maximum absolute atomic E-state index is 13.5. The SMILES string of the molecule is CC(C)(C)CC(C(=O)N1CCC(CC(N)=O)CC1)N1CCNC(CC2CC2)C1=O. The second-order valence-electron chi connectivity index (χ2n) is 10.4. The molecule has 1 saturated carbocycles. The van der Waals surface area contributed by atoms with Gasteiger partial charge in [-0.05, 0) is 42.9 Å². The molecular weight excluding hydrogens is 368 g/mol. The van der Waals surface area contributed by atoms with Crippen LogP contribution in [-0.2, 0) is 14.4 Å². The second-order valence-corrected chi connectivity index (χ2v) is 10.4. The highest BCUT2D eigenvalue weighted by Crippen LogP contribution is 2.35. The third-order valence-electron chi connectivity index (χ3n) is 6.47. The van der Waals surface area contributed by atoms with E-state index in [0.29, 0.717) is 38.4 Å². The number of nitrogens with one attached hydrogen (secondary N) is 1. The van der Waals surface area contributed by atoms with Gasteiger partial charge in [-0.2, -0.15) is 0 Å². The summed E-state index contributed by atoms with van der Waals surface area (Å²) < 4.78 is 0. The topological polar surface area (TPSA) is 95.7 Å². The fraction of sp³-hybridized carbons (Fsp3) is 0.864. The molecule has 3 aliphatic rings. The number of piperidine rings is 1. The molecule has 0 spiro atoms. The lowest BCUT2D eigenvalue weighted by atomic mass is 9.85. The lowest BCUT2D eigenvalue weighted by molar-refractivity contribution is -0.151. The number of amides is 3. The van der Waals surface area contributed by atoms with Gasteiger partial charge in [-0.25, -0.2) is 0 Å². The molecule has 0 radical (unpaired) electrons. The lowest BCUT2D eigenvalue weighted by Gasteiger charge is -2.43. The summed E-state index contributed by atoms with van der Waals surface area (Å²) in [6.45, 7) is 9.00. The summed E-state index contributed by atoms with van der Waals surface area (Å²) in [6, 6.07) is -0.549. The zero-order valence-corrected chi connectivity index (χ0v) is 18.3. The molecule has 7 nitrogen and oxygen atoms in total. The number of hydrogen-bond acceptors (Lipinski definition) is 4. The normalized spacial score (nSPS) is 25.2. The molecule has 3 rings (SSSR count). The van der Waals surface area contributed by atoms with Gasteiger partial charge in [0.2, 0.25) is 17.7 Å². The minimum Gasteiger partial charge on any atom is -0.370 e. The lowest BCUT2D eigenvalue weighted by Crippen LogP contribution is -2.62. The summed E-state index contributed by atoms with van der Waals surface area (Å²) in [5, 5.41) is 3.37. The minimum absolute atomic E-state index is 0.0538. The molecular formula is C22H38N4O3. The molecule has 164 valence electrons. The van der Waals surface area contributed by atoms with E-state index >= 15 is 0 Å². The van der Waals surface area contributed by atoms with Gasteiger partial charge in [0.15, 0.2) is 0 Å². The highest BCUT2D eigenvalue weighted by atomic mass is 16.2. The Labute approximate surface area is 174 Å². The molecule has 3 N–H and O–H groups in total. The number of piperazine rings is 1. The molecule has 29 heavy (non-hydrogen) atoms. The fourth-order valence-corrected chi connectivity index (χ4v) is 4.70. The molecule has 3 amide bonds. The first kappa shape index (κ1) is 22.1. The monoisotopic (exact) mass is 406 g/mol. The van der Waals surface area contributed by atoms with Gasteiger partial charge in [-0.15, -0.1) is 0 Å². The highest BCUT2D eigenvalue weighted by Gasteiger charge is 2.41. The van der Waals surface area contributed by atoms with E-state index in [4.69, 9.17) is 5.73 Å². The summed E-state index contributed by atoms with van der Waals surface area (Å²) in [5.41, 5.74) is 5.28. The molecule has 2 unspecified atom stereocenters. The van der Waals surface area contributed by atoms with Crippen molar-refractivity contribution in [2.24, 2.45) is 23.0 Å². The van der Waals surface area contributed by atoms with E-state index in [-0.39, 0.29) is 35.1 Å². The fourth-order valence-electron chi connectivity index (χ4n) is 4.70. The van der Waals surface area contributed by atoms with E-state index in [1.807, 2.05) is 9.80 Å². The van der Waals surface area contributed by atoms with Crippen molar-refractivity contribution in [3.63, 3.8) is 0 Å². The first-order valence-corrected chi connectivity index (χ1v) is 11.2. The standard InChI is InChI=1S/C22H38N4O3/c1-22(2,3)14-18(21(29)25-9-6-16(7-10-25)13-19(23)27)26-11-8-24-17(20(26)28)12-15-4-5-15/h15-18,24H,4-14H2,1-3H3,(H2,23,27). The van der Waals surface area contributed by atoms with Crippen LogP contribution in [0.1, 0.15) is 65.7 Å². The summed E-state index contributed by atoms with van der Waals surface area (Å²) in [6.07, 6.45) is 5.99. The molecule has 2 heterocycles. The average Bonchev–Trinajstić information content (AvgIpc) is 3.45. The Morgan fingerprint density at radius 1 is 1.10 bits per heavy atom. The Hall–Kier alpha value is -1.63. The Kier molecular flexibility index (Phi) is 6.87. The molecule has 0 aromatic carbocycles. The van der Waals surface area contributed by atoms with Crippen molar-refractivity contribution >= 4 is 17.7 Å². The van der Waals surface area contributed by atoms with Crippen LogP contribution in [0.15, 0.2) is 0 Å². The average molecular weight is 407 g/mol. The summed E-state index contributed by atoms with van der Waals surface area (Å²) in [5.74, 6) is 0.819. The molecule has 2 aliphatic heterocycles. The van der Waals surface area contributed by atoms with Crippen molar-refractivity contribution in [3.8, 4) is 0 Å². The molecule has 7 heteroatoms. The first-order valence-electron chi connectivity index (χ1n) is 11.2. The molecule has 1 aliphatic carbocycles. The van der Waals surface area contributed by atoms with E-state index < -0.39 is 6.04 Å². The molecule has 0 aromatic rings. The Morgan fingerprint density at radius 3 is 2.31 bits per heavy atom. The molecule has 2 atom stereocenters. The van der Waals surface area contributed by atoms with Gasteiger partial charge >= 0.3 is 0 Å². The smallest absolute Gasteiger partial charge is 0.245 e. The van der Waals surface area contributed by atoms with Crippen LogP contribution in [0.5, 0.6) is 0 Å². The van der Waals surface area contributed by atoms with Crippen LogP contribution in [0, 0.1) is 17.3 Å². The van der Waals surface area contributed by atoms with Gasteiger partial charge in [0, 0.05) is 32.6 Å². The van der Waals surface area contributed by atoms with Gasteiger partial charge in [-0.1, -0.05) is 33.6 Å². The number of nitrogens with two attached hydrogens (primary N) is 1. The van der Waals surface area contributed by atoms with Crippen LogP contribution in [0.25, 0.3) is 0 Å². The van der Waals surface area contributed by atoms with Gasteiger partial charge in [0.25, 0.3) is 0 Å². The number of primary amides is 1. The van der Waals surface area contributed by atoms with Gasteiger partial charge in [0.1, 0.15) is 6.04 Å². The first-order chi connectivity index (χ1) is 13.6. The summed E-state index contributed by atoms with van der Waals surface area (Å²) in [4.78, 5) is 41.7. The minimum atomic E-state index is -0.404. The van der Waals surface area contributed by atoms with E-state index in [2.05, 4.69) is 26.1 Å². The van der Waals surface area contributed by atoms with Crippen LogP contribution >= 0.6 is 0 Å². The van der Waals surface area contributed by atoms with E-state index in [1.165, 1.54) is 12.8 Å². The predicted octanol–water partition coefficient (Wildman–Crippen LogP) is 1.51. The van der Waals surface area contributed by atoms with Crippen LogP contribution < -0.4 is 11.1 Å². The van der Waals surface area contributed by atoms with E-state index in [9.17, 15) is 14.4 Å². The summed E-state index contributed by atoms with van der Waals surface area (Å²) >= 11 is 0. The second kappa shape index (κ2) is 9.02. The highest BCUT2D eigenvalue weighted by molar-refractivity contribution is 5.90. The van der Waals surface area contributed by atoms with Crippen molar-refractivity contribution in [1.82, 2.24) is 15.1 Å². The van der Waals surface area contributed by atoms with Crippen LogP contribution in [0.4, 0.5) is 0 Å². The van der Waals surface area contributed by atoms with Crippen LogP contribution in [0.3, 0.4) is 0 Å². The summed E-state index contributed by atoms with van der Waals surface area (Å²) in [7, 11) is 0. The number of carbonyl (C=O) groups is 3. The van der Waals surface area contributed by atoms with Crippen molar-refractivity contribution in [1.29, 1.82) is 0 Å². The van der Waals surface area contributed by atoms with Crippen molar-refractivity contribution in [3.05, 3.63) is 0 Å². The van der Waals surface area contributed by atoms with E-state index in [1.54, 1.807) is 0 Å². The Bertz CT molecular complexity index is 618. The quantitative estimate of drug-likeness (QED) is 0.670. The molecule has 3 fully saturated rings. The van der Waals surface area contributed by atoms with Crippen molar-refractivity contribution in [2.75, 3.05) is 26.2 Å². The zero-order chi connectivity index (χ0) is 21.2. The maximum Gasteiger partial charge on any atom is 0.245 e. The zero-order valence-electron chi connectivity index (χ0n) is 18.3. The van der Waals surface area contributed by atoms with Gasteiger partial charge in [0.05, 0.1) is 6.04 Å². The molecule has 0 aromatic heterocycles. The molecule has 0 bridgehead atoms. The van der Waals surface area contributed by atoms with E-state index in [0.717, 1.165) is 25.8 Å². The third-order valence-corrected chi connectivity index (χ3v) is 6.47. The number of rotatable bonds is 7.